The molecule has 2 fully saturated rings. The number of nitrogens with one attached hydrogen (secondary N) is 1. The molecule has 2 atom stereocenters. The maximum atomic E-state index is 9.75. The van der Waals surface area contributed by atoms with Crippen molar-refractivity contribution in [3.8, 4) is 0 Å². The Morgan fingerprint density at radius 1 is 1.12 bits per heavy atom. The minimum atomic E-state index is -0.164. The molecule has 0 aromatic rings. The van der Waals surface area contributed by atoms with Crippen molar-refractivity contribution in [1.29, 1.82) is 0 Å². The predicted octanol–water partition coefficient (Wildman–Crippen LogP) is -0.200. The summed E-state index contributed by atoms with van der Waals surface area (Å²) in [5, 5.41) is 13.0. The van der Waals surface area contributed by atoms with Gasteiger partial charge in [0.1, 0.15) is 0 Å². The van der Waals surface area contributed by atoms with Crippen molar-refractivity contribution < 1.29 is 5.11 Å². The third kappa shape index (κ3) is 3.72. The van der Waals surface area contributed by atoms with Gasteiger partial charge < -0.3 is 15.3 Å². The Kier molecular flexibility index (Phi) is 7.89. The monoisotopic (exact) mass is 271 g/mol. The molecule has 2 aliphatic heterocycles. The maximum absolute atomic E-state index is 9.75. The summed E-state index contributed by atoms with van der Waals surface area (Å²) in [7, 11) is 0. The minimum Gasteiger partial charge on any atom is -0.390 e. The molecule has 0 aromatic carbocycles. The minimum absolute atomic E-state index is 0. The normalized spacial score (nSPS) is 31.9. The highest BCUT2D eigenvalue weighted by atomic mass is 35.5. The van der Waals surface area contributed by atoms with Gasteiger partial charge in [0.2, 0.25) is 0 Å². The van der Waals surface area contributed by atoms with Crippen LogP contribution in [-0.2, 0) is 0 Å². The smallest absolute Gasteiger partial charge is 0.0831 e. The molecule has 6 heteroatoms. The molecule has 2 rings (SSSR count). The summed E-state index contributed by atoms with van der Waals surface area (Å²) in [6.45, 7) is 9.60. The van der Waals surface area contributed by atoms with Crippen LogP contribution in [0.25, 0.3) is 0 Å². The lowest BCUT2D eigenvalue weighted by Gasteiger charge is -2.38. The topological polar surface area (TPSA) is 38.7 Å². The van der Waals surface area contributed by atoms with Crippen LogP contribution >= 0.6 is 24.8 Å². The zero-order valence-electron chi connectivity index (χ0n) is 9.76. The molecule has 0 aromatic heterocycles. The number of hydrogen-bond acceptors (Lipinski definition) is 4. The van der Waals surface area contributed by atoms with Gasteiger partial charge in [-0.05, 0) is 6.54 Å². The second-order valence-corrected chi connectivity index (χ2v) is 4.26. The SMILES string of the molecule is CCN1CCN([C@@H]2CNC[C@H]2O)CC1.Cl.Cl. The molecule has 0 unspecified atom stereocenters. The highest BCUT2D eigenvalue weighted by molar-refractivity contribution is 5.85. The van der Waals surface area contributed by atoms with E-state index in [0.717, 1.165) is 45.8 Å². The van der Waals surface area contributed by atoms with E-state index in [-0.39, 0.29) is 30.9 Å². The average Bonchev–Trinajstić information content (AvgIpc) is 2.65. The maximum Gasteiger partial charge on any atom is 0.0831 e. The molecule has 0 amide bonds. The van der Waals surface area contributed by atoms with Gasteiger partial charge in [-0.1, -0.05) is 6.92 Å². The van der Waals surface area contributed by atoms with Gasteiger partial charge in [-0.2, -0.15) is 0 Å². The summed E-state index contributed by atoms with van der Waals surface area (Å²) < 4.78 is 0. The fourth-order valence-electron chi connectivity index (χ4n) is 2.43. The Morgan fingerprint density at radius 3 is 2.19 bits per heavy atom. The lowest BCUT2D eigenvalue weighted by Crippen LogP contribution is -2.53. The van der Waals surface area contributed by atoms with E-state index in [0.29, 0.717) is 6.04 Å². The Balaban J connectivity index is 0.00000112. The van der Waals surface area contributed by atoms with E-state index in [4.69, 9.17) is 0 Å². The van der Waals surface area contributed by atoms with Gasteiger partial charge in [-0.3, -0.25) is 4.90 Å². The first-order valence-corrected chi connectivity index (χ1v) is 5.66. The second kappa shape index (κ2) is 7.69. The Hall–Kier alpha value is 0.420. The third-order valence-corrected chi connectivity index (χ3v) is 3.47. The van der Waals surface area contributed by atoms with Crippen LogP contribution in [0.4, 0.5) is 0 Å². The van der Waals surface area contributed by atoms with E-state index in [1.807, 2.05) is 0 Å². The first-order valence-electron chi connectivity index (χ1n) is 5.66. The van der Waals surface area contributed by atoms with Crippen molar-refractivity contribution in [1.82, 2.24) is 15.1 Å². The number of aliphatic hydroxyl groups is 1. The summed E-state index contributed by atoms with van der Waals surface area (Å²) in [5.41, 5.74) is 0. The zero-order valence-corrected chi connectivity index (χ0v) is 11.4. The first-order chi connectivity index (χ1) is 6.81. The quantitative estimate of drug-likeness (QED) is 0.730. The van der Waals surface area contributed by atoms with Crippen LogP contribution in [0, 0.1) is 0 Å². The van der Waals surface area contributed by atoms with Gasteiger partial charge in [0.15, 0.2) is 0 Å². The van der Waals surface area contributed by atoms with E-state index in [1.165, 1.54) is 0 Å². The van der Waals surface area contributed by atoms with E-state index in [9.17, 15) is 5.11 Å². The summed E-state index contributed by atoms with van der Waals surface area (Å²) in [4.78, 5) is 4.89. The van der Waals surface area contributed by atoms with Gasteiger partial charge in [-0.25, -0.2) is 0 Å². The van der Waals surface area contributed by atoms with Gasteiger partial charge in [-0.15, -0.1) is 24.8 Å². The number of aliphatic hydroxyl groups excluding tert-OH is 1. The highest BCUT2D eigenvalue weighted by Gasteiger charge is 2.31. The average molecular weight is 272 g/mol. The summed E-state index contributed by atoms with van der Waals surface area (Å²) >= 11 is 0. The van der Waals surface area contributed by atoms with E-state index in [2.05, 4.69) is 22.0 Å². The standard InChI is InChI=1S/C10H21N3O.2ClH/c1-2-12-3-5-13(6-4-12)9-7-11-8-10(9)14;;/h9-11,14H,2-8H2,1H3;2*1H/t9-,10-;;/m1../s1. The molecule has 0 saturated carbocycles. The van der Waals surface area contributed by atoms with Crippen molar-refractivity contribution in [2.45, 2.75) is 19.1 Å². The van der Waals surface area contributed by atoms with Crippen molar-refractivity contribution in [2.75, 3.05) is 45.8 Å². The van der Waals surface area contributed by atoms with Crippen molar-refractivity contribution in [3.05, 3.63) is 0 Å². The van der Waals surface area contributed by atoms with Crippen LogP contribution in [0.15, 0.2) is 0 Å². The number of halogens is 2. The number of hydrogen-bond donors (Lipinski definition) is 2. The molecular formula is C10H23Cl2N3O. The van der Waals surface area contributed by atoms with E-state index >= 15 is 0 Å². The third-order valence-electron chi connectivity index (χ3n) is 3.47. The molecule has 2 N–H and O–H groups in total. The lowest BCUT2D eigenvalue weighted by molar-refractivity contribution is 0.0460. The number of β-amino-alcohol motifs (C(OH)–C–C–N with tert-alkyl or cyclic N) is 1. The Bertz CT molecular complexity index is 189. The van der Waals surface area contributed by atoms with Gasteiger partial charge >= 0.3 is 0 Å². The Labute approximate surface area is 110 Å². The highest BCUT2D eigenvalue weighted by Crippen LogP contribution is 2.12. The molecule has 2 saturated heterocycles. The van der Waals surface area contributed by atoms with Gasteiger partial charge in [0.05, 0.1) is 6.10 Å². The fourth-order valence-corrected chi connectivity index (χ4v) is 2.43. The molecular weight excluding hydrogens is 249 g/mol. The number of piperazine rings is 1. The van der Waals surface area contributed by atoms with Gasteiger partial charge in [0, 0.05) is 45.3 Å². The summed E-state index contributed by atoms with van der Waals surface area (Å²) in [5.74, 6) is 0. The molecule has 2 heterocycles. The number of rotatable bonds is 2. The number of likely N-dealkylation sites (N-methyl/N-ethyl adjacent to an activating group) is 1. The lowest BCUT2D eigenvalue weighted by atomic mass is 10.1. The van der Waals surface area contributed by atoms with Gasteiger partial charge in [0.25, 0.3) is 0 Å². The molecule has 0 bridgehead atoms. The fraction of sp³-hybridized carbons (Fsp3) is 1.00. The van der Waals surface area contributed by atoms with Crippen LogP contribution < -0.4 is 5.32 Å². The largest absolute Gasteiger partial charge is 0.390 e. The van der Waals surface area contributed by atoms with Crippen molar-refractivity contribution >= 4 is 24.8 Å². The molecule has 0 radical (unpaired) electrons. The molecule has 4 nitrogen and oxygen atoms in total. The molecule has 0 spiro atoms. The van der Waals surface area contributed by atoms with E-state index in [1.54, 1.807) is 0 Å². The van der Waals surface area contributed by atoms with Crippen molar-refractivity contribution in [3.63, 3.8) is 0 Å². The first kappa shape index (κ1) is 16.4. The zero-order chi connectivity index (χ0) is 9.97. The van der Waals surface area contributed by atoms with Crippen LogP contribution in [0.3, 0.4) is 0 Å². The van der Waals surface area contributed by atoms with Crippen LogP contribution in [0.1, 0.15) is 6.92 Å². The predicted molar refractivity (Wildman–Crippen MR) is 70.8 cm³/mol. The molecule has 2 aliphatic rings. The summed E-state index contributed by atoms with van der Waals surface area (Å²) in [6, 6.07) is 0.356. The Morgan fingerprint density at radius 2 is 1.75 bits per heavy atom. The second-order valence-electron chi connectivity index (χ2n) is 4.26. The van der Waals surface area contributed by atoms with E-state index < -0.39 is 0 Å². The molecule has 16 heavy (non-hydrogen) atoms. The van der Waals surface area contributed by atoms with Crippen LogP contribution in [-0.4, -0.2) is 72.9 Å². The number of nitrogens with zero attached hydrogens (tertiary/aromatic N) is 2. The summed E-state index contributed by atoms with van der Waals surface area (Å²) in [6.07, 6.45) is -0.164. The molecule has 98 valence electrons. The molecule has 0 aliphatic carbocycles. The van der Waals surface area contributed by atoms with Crippen LogP contribution in [0.2, 0.25) is 0 Å². The van der Waals surface area contributed by atoms with Crippen LogP contribution in [0.5, 0.6) is 0 Å². The van der Waals surface area contributed by atoms with Crippen molar-refractivity contribution in [2.24, 2.45) is 0 Å².